The Morgan fingerprint density at radius 2 is 1.75 bits per heavy atom. The quantitative estimate of drug-likeness (QED) is 0.866. The van der Waals surface area contributed by atoms with Crippen LogP contribution in [0.25, 0.3) is 0 Å². The maximum Gasteiger partial charge on any atom is 0.135 e. The average Bonchev–Trinajstić information content (AvgIpc) is 2.71. The first-order valence-corrected chi connectivity index (χ1v) is 5.04. The minimum atomic E-state index is -0.561. The van der Waals surface area contributed by atoms with Gasteiger partial charge in [-0.25, -0.2) is 8.78 Å². The maximum absolute atomic E-state index is 13.3. The monoisotopic (exact) mass is 223 g/mol. The fraction of sp³-hybridized carbons (Fsp3) is 0.273. The highest BCUT2D eigenvalue weighted by Gasteiger charge is 2.11. The molecule has 0 amide bonds. The lowest BCUT2D eigenvalue weighted by Crippen LogP contribution is -1.98. The molecule has 0 radical (unpaired) electrons. The third-order valence-electron chi connectivity index (χ3n) is 2.32. The first-order chi connectivity index (χ1) is 7.70. The van der Waals surface area contributed by atoms with Gasteiger partial charge in [-0.3, -0.25) is 0 Å². The molecule has 5 heteroatoms. The van der Waals surface area contributed by atoms with Crippen LogP contribution in [0.2, 0.25) is 0 Å². The molecule has 0 aliphatic rings. The molecule has 0 bridgehead atoms. The summed E-state index contributed by atoms with van der Waals surface area (Å²) in [5, 5.41) is 7.67. The van der Waals surface area contributed by atoms with Crippen molar-refractivity contribution in [3.05, 3.63) is 47.0 Å². The Kier molecular flexibility index (Phi) is 2.94. The van der Waals surface area contributed by atoms with E-state index in [-0.39, 0.29) is 12.0 Å². The number of hydrogen-bond donors (Lipinski definition) is 1. The van der Waals surface area contributed by atoms with Crippen molar-refractivity contribution in [1.82, 2.24) is 15.2 Å². The molecular weight excluding hydrogens is 212 g/mol. The zero-order chi connectivity index (χ0) is 11.5. The molecule has 1 heterocycles. The number of aromatic nitrogens is 3. The molecule has 16 heavy (non-hydrogen) atoms. The Bertz CT molecular complexity index is 473. The summed E-state index contributed by atoms with van der Waals surface area (Å²) in [7, 11) is 0. The molecule has 1 aromatic heterocycles. The lowest BCUT2D eigenvalue weighted by Gasteiger charge is -2.01. The fourth-order valence-electron chi connectivity index (χ4n) is 1.44. The van der Waals surface area contributed by atoms with Crippen LogP contribution in [0, 0.1) is 11.6 Å². The summed E-state index contributed by atoms with van der Waals surface area (Å²) in [6, 6.07) is 3.80. The summed E-state index contributed by atoms with van der Waals surface area (Å²) in [6.07, 6.45) is 0.804. The first-order valence-electron chi connectivity index (χ1n) is 5.04. The number of hydrogen-bond acceptors (Lipinski definition) is 2. The highest BCUT2D eigenvalue weighted by molar-refractivity contribution is 5.22. The van der Waals surface area contributed by atoms with Crippen molar-refractivity contribution in [2.45, 2.75) is 19.8 Å². The zero-order valence-electron chi connectivity index (χ0n) is 8.80. The number of aromatic amines is 1. The van der Waals surface area contributed by atoms with Crippen LogP contribution in [-0.4, -0.2) is 15.2 Å². The van der Waals surface area contributed by atoms with Crippen LogP contribution in [0.5, 0.6) is 0 Å². The lowest BCUT2D eigenvalue weighted by atomic mass is 10.1. The van der Waals surface area contributed by atoms with Crippen LogP contribution in [0.4, 0.5) is 8.78 Å². The summed E-state index contributed by atoms with van der Waals surface area (Å²) in [5.74, 6) is 0.0662. The molecule has 0 saturated carbocycles. The van der Waals surface area contributed by atoms with Crippen LogP contribution < -0.4 is 0 Å². The normalized spacial score (nSPS) is 10.7. The van der Waals surface area contributed by atoms with E-state index in [9.17, 15) is 8.78 Å². The number of nitrogens with one attached hydrogen (secondary N) is 1. The summed E-state index contributed by atoms with van der Waals surface area (Å²) >= 11 is 0. The molecule has 0 atom stereocenters. The van der Waals surface area contributed by atoms with Gasteiger partial charge in [0.1, 0.15) is 23.3 Å². The predicted molar refractivity (Wildman–Crippen MR) is 54.9 cm³/mol. The van der Waals surface area contributed by atoms with Gasteiger partial charge in [-0.05, 0) is 12.1 Å². The SMILES string of the molecule is CCc1nnc(Cc2c(F)cccc2F)[nH]1. The van der Waals surface area contributed by atoms with E-state index in [2.05, 4.69) is 15.2 Å². The second-order valence-electron chi connectivity index (χ2n) is 3.45. The van der Waals surface area contributed by atoms with Crippen LogP contribution in [0.3, 0.4) is 0 Å². The Morgan fingerprint density at radius 3 is 2.31 bits per heavy atom. The van der Waals surface area contributed by atoms with Crippen molar-refractivity contribution in [3.8, 4) is 0 Å². The van der Waals surface area contributed by atoms with E-state index in [0.29, 0.717) is 18.1 Å². The van der Waals surface area contributed by atoms with Gasteiger partial charge in [-0.2, -0.15) is 0 Å². The molecule has 0 unspecified atom stereocenters. The number of halogens is 2. The molecule has 2 aromatic rings. The highest BCUT2D eigenvalue weighted by Crippen LogP contribution is 2.14. The summed E-state index contributed by atoms with van der Waals surface area (Å²) < 4.78 is 26.6. The van der Waals surface area contributed by atoms with Gasteiger partial charge in [0.25, 0.3) is 0 Å². The largest absolute Gasteiger partial charge is 0.329 e. The molecule has 0 aliphatic carbocycles. The molecule has 0 aliphatic heterocycles. The van der Waals surface area contributed by atoms with Crippen LogP contribution in [-0.2, 0) is 12.8 Å². The van der Waals surface area contributed by atoms with Gasteiger partial charge >= 0.3 is 0 Å². The van der Waals surface area contributed by atoms with Crippen molar-refractivity contribution < 1.29 is 8.78 Å². The van der Waals surface area contributed by atoms with Gasteiger partial charge in [0.2, 0.25) is 0 Å². The number of aryl methyl sites for hydroxylation is 1. The number of H-pyrrole nitrogens is 1. The van der Waals surface area contributed by atoms with Gasteiger partial charge in [-0.1, -0.05) is 13.0 Å². The average molecular weight is 223 g/mol. The van der Waals surface area contributed by atoms with Crippen molar-refractivity contribution in [2.24, 2.45) is 0 Å². The Morgan fingerprint density at radius 1 is 1.12 bits per heavy atom. The molecule has 0 fully saturated rings. The molecule has 0 spiro atoms. The van der Waals surface area contributed by atoms with Gasteiger partial charge in [0.15, 0.2) is 0 Å². The smallest absolute Gasteiger partial charge is 0.135 e. The van der Waals surface area contributed by atoms with Crippen molar-refractivity contribution in [1.29, 1.82) is 0 Å². The Hall–Kier alpha value is -1.78. The van der Waals surface area contributed by atoms with Gasteiger partial charge < -0.3 is 4.98 Å². The van der Waals surface area contributed by atoms with Crippen LogP contribution in [0.15, 0.2) is 18.2 Å². The van der Waals surface area contributed by atoms with Crippen molar-refractivity contribution in [2.75, 3.05) is 0 Å². The standard InChI is InChI=1S/C11H11F2N3/c1-2-10-14-11(16-15-10)6-7-8(12)4-3-5-9(7)13/h3-5H,2,6H2,1H3,(H,14,15,16). The first kappa shape index (κ1) is 10.7. The zero-order valence-corrected chi connectivity index (χ0v) is 8.80. The van der Waals surface area contributed by atoms with E-state index in [0.717, 1.165) is 0 Å². The molecular formula is C11H11F2N3. The van der Waals surface area contributed by atoms with E-state index >= 15 is 0 Å². The summed E-state index contributed by atoms with van der Waals surface area (Å²) in [5.41, 5.74) is 0.0151. The minimum absolute atomic E-state index is 0.0151. The number of rotatable bonds is 3. The van der Waals surface area contributed by atoms with E-state index < -0.39 is 11.6 Å². The summed E-state index contributed by atoms with van der Waals surface area (Å²) in [4.78, 5) is 2.91. The lowest BCUT2D eigenvalue weighted by molar-refractivity contribution is 0.559. The molecule has 84 valence electrons. The van der Waals surface area contributed by atoms with Crippen molar-refractivity contribution in [3.63, 3.8) is 0 Å². The molecule has 1 N–H and O–H groups in total. The highest BCUT2D eigenvalue weighted by atomic mass is 19.1. The van der Waals surface area contributed by atoms with E-state index in [1.807, 2.05) is 6.92 Å². The molecule has 0 saturated heterocycles. The molecule has 3 nitrogen and oxygen atoms in total. The predicted octanol–water partition coefficient (Wildman–Crippen LogP) is 2.24. The Balaban J connectivity index is 2.26. The van der Waals surface area contributed by atoms with E-state index in [1.54, 1.807) is 0 Å². The third kappa shape index (κ3) is 2.08. The molecule has 2 rings (SSSR count). The van der Waals surface area contributed by atoms with Crippen LogP contribution in [0.1, 0.15) is 24.1 Å². The minimum Gasteiger partial charge on any atom is -0.329 e. The van der Waals surface area contributed by atoms with Gasteiger partial charge in [-0.15, -0.1) is 10.2 Å². The second kappa shape index (κ2) is 4.38. The molecule has 1 aromatic carbocycles. The van der Waals surface area contributed by atoms with E-state index in [1.165, 1.54) is 18.2 Å². The number of benzene rings is 1. The fourth-order valence-corrected chi connectivity index (χ4v) is 1.44. The van der Waals surface area contributed by atoms with Crippen LogP contribution >= 0.6 is 0 Å². The Labute approximate surface area is 91.5 Å². The van der Waals surface area contributed by atoms with Gasteiger partial charge in [0.05, 0.1) is 0 Å². The van der Waals surface area contributed by atoms with E-state index in [4.69, 9.17) is 0 Å². The topological polar surface area (TPSA) is 41.6 Å². The third-order valence-corrected chi connectivity index (χ3v) is 2.32. The van der Waals surface area contributed by atoms with Crippen molar-refractivity contribution >= 4 is 0 Å². The summed E-state index contributed by atoms with van der Waals surface area (Å²) in [6.45, 7) is 1.92. The van der Waals surface area contributed by atoms with Gasteiger partial charge in [0, 0.05) is 18.4 Å². The second-order valence-corrected chi connectivity index (χ2v) is 3.45. The maximum atomic E-state index is 13.3. The number of nitrogens with zero attached hydrogens (tertiary/aromatic N) is 2.